The number of aromatic nitrogens is 1. The molecule has 1 amide bonds. The van der Waals surface area contributed by atoms with Crippen molar-refractivity contribution in [3.8, 4) is 0 Å². The fourth-order valence-corrected chi connectivity index (χ4v) is 7.53. The summed E-state index contributed by atoms with van der Waals surface area (Å²) >= 11 is 1.41. The third-order valence-corrected chi connectivity index (χ3v) is 9.73. The molecule has 1 unspecified atom stereocenters. The number of nitrogens with zero attached hydrogens (tertiary/aromatic N) is 2. The van der Waals surface area contributed by atoms with E-state index in [1.165, 1.54) is 34.7 Å². The highest BCUT2D eigenvalue weighted by Crippen LogP contribution is 2.25. The molecule has 12 heteroatoms. The van der Waals surface area contributed by atoms with Crippen molar-refractivity contribution in [2.24, 2.45) is 11.8 Å². The number of rotatable bonds is 13. The molecule has 0 aliphatic carbocycles. The highest BCUT2D eigenvalue weighted by Gasteiger charge is 2.32. The smallest absolute Gasteiger partial charge is 0.243 e. The van der Waals surface area contributed by atoms with Crippen LogP contribution in [0.15, 0.2) is 58.9 Å². The zero-order valence-electron chi connectivity index (χ0n) is 21.9. The van der Waals surface area contributed by atoms with Crippen LogP contribution >= 0.6 is 11.3 Å². The van der Waals surface area contributed by atoms with Crippen LogP contribution in [0.1, 0.15) is 26.3 Å². The molecule has 3 aromatic rings. The lowest BCUT2D eigenvalue weighted by molar-refractivity contribution is -0.125. The summed E-state index contributed by atoms with van der Waals surface area (Å²) in [6.07, 6.45) is 0.0332. The first kappa shape index (κ1) is 30.2. The van der Waals surface area contributed by atoms with E-state index in [2.05, 4.69) is 10.3 Å². The molecule has 0 aliphatic rings. The molecule has 3 atom stereocenters. The first-order valence-electron chi connectivity index (χ1n) is 12.3. The number of hydrogen-bond donors (Lipinski definition) is 2. The number of nitrogens with one attached hydrogen (secondary N) is 1. The maximum absolute atomic E-state index is 13.7. The Balaban J connectivity index is 1.88. The van der Waals surface area contributed by atoms with Crippen molar-refractivity contribution in [3.63, 3.8) is 0 Å². The monoisotopic (exact) mass is 581 g/mol. The summed E-state index contributed by atoms with van der Waals surface area (Å²) in [5.41, 5.74) is 3.06. The van der Waals surface area contributed by atoms with E-state index >= 15 is 0 Å². The van der Waals surface area contributed by atoms with E-state index in [1.807, 2.05) is 44.2 Å². The van der Waals surface area contributed by atoms with E-state index in [0.717, 1.165) is 16.5 Å². The number of aliphatic hydroxyl groups excluding tert-OH is 1. The quantitative estimate of drug-likeness (QED) is 0.317. The van der Waals surface area contributed by atoms with Crippen LogP contribution < -0.4 is 5.32 Å². The summed E-state index contributed by atoms with van der Waals surface area (Å²) < 4.78 is 52.9. The Morgan fingerprint density at radius 3 is 2.37 bits per heavy atom. The minimum Gasteiger partial charge on any atom is -0.390 e. The lowest BCUT2D eigenvalue weighted by Crippen LogP contribution is -2.52. The predicted molar refractivity (Wildman–Crippen MR) is 150 cm³/mol. The molecule has 0 saturated carbocycles. The minimum atomic E-state index is -3.99. The third kappa shape index (κ3) is 8.31. The van der Waals surface area contributed by atoms with Gasteiger partial charge in [-0.2, -0.15) is 4.31 Å². The molecule has 2 N–H and O–H groups in total. The average Bonchev–Trinajstić information content (AvgIpc) is 3.30. The molecule has 0 saturated heterocycles. The largest absolute Gasteiger partial charge is 0.390 e. The van der Waals surface area contributed by atoms with Crippen LogP contribution in [0.2, 0.25) is 0 Å². The number of hydrogen-bond acceptors (Lipinski definition) is 8. The summed E-state index contributed by atoms with van der Waals surface area (Å²) in [4.78, 5) is 17.2. The Kier molecular flexibility index (Phi) is 10.0. The number of thiazole rings is 1. The number of aliphatic hydroxyl groups is 1. The number of benzene rings is 2. The number of carbonyl (C=O) groups is 1. The second-order valence-electron chi connectivity index (χ2n) is 10.1. The molecule has 0 fully saturated rings. The van der Waals surface area contributed by atoms with Crippen LogP contribution in [0, 0.1) is 11.8 Å². The first-order valence-corrected chi connectivity index (χ1v) is 16.7. The summed E-state index contributed by atoms with van der Waals surface area (Å²) in [6, 6.07) is 13.1. The standard InChI is InChI=1S/C26H35N3O6S3/c1-18(2)14-29(38(34,35)21-10-11-25-23(13-21)27-17-36-25)15-24(30)22(12-20-8-6-5-7-9-20)28-26(31)19(3)16-37(4,32)33/h5-11,13,17-19,22,24,30H,12,14-16H2,1-4H3,(H,28,31)/t19-,22?,24-/m1/s1. The minimum absolute atomic E-state index is 0.0306. The molecule has 208 valence electrons. The van der Waals surface area contributed by atoms with Gasteiger partial charge in [0.05, 0.1) is 38.5 Å². The zero-order valence-corrected chi connectivity index (χ0v) is 24.4. The number of carbonyl (C=O) groups excluding carboxylic acids is 1. The second kappa shape index (κ2) is 12.6. The van der Waals surface area contributed by atoms with Crippen LogP contribution in [0.3, 0.4) is 0 Å². The highest BCUT2D eigenvalue weighted by molar-refractivity contribution is 7.90. The Morgan fingerprint density at radius 1 is 1.05 bits per heavy atom. The fourth-order valence-electron chi connectivity index (χ4n) is 4.17. The molecule has 1 aromatic heterocycles. The van der Waals surface area contributed by atoms with Crippen LogP contribution in [0.25, 0.3) is 10.2 Å². The van der Waals surface area contributed by atoms with E-state index in [9.17, 15) is 26.7 Å². The number of amides is 1. The molecule has 0 bridgehead atoms. The zero-order chi connectivity index (χ0) is 28.1. The van der Waals surface area contributed by atoms with Gasteiger partial charge in [-0.3, -0.25) is 4.79 Å². The van der Waals surface area contributed by atoms with Crippen molar-refractivity contribution < 1.29 is 26.7 Å². The molecule has 9 nitrogen and oxygen atoms in total. The molecule has 0 spiro atoms. The molecule has 38 heavy (non-hydrogen) atoms. The fraction of sp³-hybridized carbons (Fsp3) is 0.462. The maximum atomic E-state index is 13.7. The van der Waals surface area contributed by atoms with E-state index in [1.54, 1.807) is 11.6 Å². The maximum Gasteiger partial charge on any atom is 0.243 e. The first-order chi connectivity index (χ1) is 17.8. The topological polar surface area (TPSA) is 134 Å². The van der Waals surface area contributed by atoms with Gasteiger partial charge in [-0.25, -0.2) is 21.8 Å². The van der Waals surface area contributed by atoms with Gasteiger partial charge in [0.15, 0.2) is 0 Å². The molecule has 2 aromatic carbocycles. The molecule has 0 aliphatic heterocycles. The van der Waals surface area contributed by atoms with Gasteiger partial charge in [0.2, 0.25) is 15.9 Å². The van der Waals surface area contributed by atoms with Crippen molar-refractivity contribution in [2.75, 3.05) is 25.1 Å². The van der Waals surface area contributed by atoms with Crippen molar-refractivity contribution in [1.29, 1.82) is 0 Å². The molecule has 1 heterocycles. The van der Waals surface area contributed by atoms with Gasteiger partial charge >= 0.3 is 0 Å². The Hall–Kier alpha value is -2.38. The number of sulfonamides is 1. The van der Waals surface area contributed by atoms with Crippen LogP contribution in [-0.4, -0.2) is 74.4 Å². The van der Waals surface area contributed by atoms with Gasteiger partial charge in [-0.05, 0) is 36.1 Å². The lowest BCUT2D eigenvalue weighted by Gasteiger charge is -2.31. The van der Waals surface area contributed by atoms with E-state index in [4.69, 9.17) is 0 Å². The van der Waals surface area contributed by atoms with Crippen molar-refractivity contribution in [2.45, 2.75) is 44.2 Å². The Morgan fingerprint density at radius 2 is 1.74 bits per heavy atom. The lowest BCUT2D eigenvalue weighted by atomic mass is 10.00. The van der Waals surface area contributed by atoms with Crippen LogP contribution in [0.4, 0.5) is 0 Å². The average molecular weight is 582 g/mol. The summed E-state index contributed by atoms with van der Waals surface area (Å²) in [5.74, 6) is -1.73. The Bertz CT molecular complexity index is 1440. The van der Waals surface area contributed by atoms with Gasteiger partial charge in [-0.1, -0.05) is 51.1 Å². The van der Waals surface area contributed by atoms with E-state index in [-0.39, 0.29) is 36.1 Å². The van der Waals surface area contributed by atoms with Gasteiger partial charge in [0, 0.05) is 25.3 Å². The van der Waals surface area contributed by atoms with E-state index in [0.29, 0.717) is 5.52 Å². The summed E-state index contributed by atoms with van der Waals surface area (Å²) in [7, 11) is -7.38. The van der Waals surface area contributed by atoms with Gasteiger partial charge < -0.3 is 10.4 Å². The summed E-state index contributed by atoms with van der Waals surface area (Å²) in [6.45, 7) is 5.18. The van der Waals surface area contributed by atoms with Gasteiger partial charge in [0.25, 0.3) is 0 Å². The molecule has 0 radical (unpaired) electrons. The predicted octanol–water partition coefficient (Wildman–Crippen LogP) is 2.71. The van der Waals surface area contributed by atoms with Crippen molar-refractivity contribution in [3.05, 3.63) is 59.6 Å². The highest BCUT2D eigenvalue weighted by atomic mass is 32.2. The molecular weight excluding hydrogens is 547 g/mol. The second-order valence-corrected chi connectivity index (χ2v) is 15.1. The molecular formula is C26H35N3O6S3. The van der Waals surface area contributed by atoms with Crippen molar-refractivity contribution >= 4 is 47.3 Å². The SMILES string of the molecule is CC(C)CN(C[C@@H](O)C(Cc1ccccc1)NC(=O)[C@H](C)CS(C)(=O)=O)S(=O)(=O)c1ccc2scnc2c1. The van der Waals surface area contributed by atoms with Gasteiger partial charge in [-0.15, -0.1) is 11.3 Å². The molecule has 3 rings (SSSR count). The van der Waals surface area contributed by atoms with Gasteiger partial charge in [0.1, 0.15) is 9.84 Å². The number of sulfone groups is 1. The van der Waals surface area contributed by atoms with Crippen molar-refractivity contribution in [1.82, 2.24) is 14.6 Å². The summed E-state index contributed by atoms with van der Waals surface area (Å²) in [5, 5.41) is 14.1. The van der Waals surface area contributed by atoms with Crippen LogP contribution in [0.5, 0.6) is 0 Å². The normalized spacial score (nSPS) is 15.0. The Labute approximate surface area is 228 Å². The number of fused-ring (bicyclic) bond motifs is 1. The van der Waals surface area contributed by atoms with Crippen LogP contribution in [-0.2, 0) is 31.1 Å². The van der Waals surface area contributed by atoms with E-state index < -0.39 is 43.8 Å². The third-order valence-electron chi connectivity index (χ3n) is 5.99.